The van der Waals surface area contributed by atoms with Crippen LogP contribution in [0.3, 0.4) is 0 Å². The van der Waals surface area contributed by atoms with E-state index in [1.165, 1.54) is 5.56 Å². The van der Waals surface area contributed by atoms with Gasteiger partial charge < -0.3 is 10.1 Å². The van der Waals surface area contributed by atoms with Gasteiger partial charge in [-0.3, -0.25) is 4.79 Å². The van der Waals surface area contributed by atoms with Crippen molar-refractivity contribution in [2.45, 2.75) is 6.92 Å². The molecule has 0 fully saturated rings. The molecule has 1 aromatic heterocycles. The maximum atomic E-state index is 12.2. The molecule has 0 aliphatic carbocycles. The molecule has 3 aromatic rings. The van der Waals surface area contributed by atoms with Gasteiger partial charge in [-0.2, -0.15) is 0 Å². The number of anilines is 1. The fourth-order valence-corrected chi connectivity index (χ4v) is 3.21. The largest absolute Gasteiger partial charge is 0.492 e. The van der Waals surface area contributed by atoms with Crippen LogP contribution in [0.2, 0.25) is 0 Å². The van der Waals surface area contributed by atoms with Crippen LogP contribution in [-0.4, -0.2) is 12.5 Å². The van der Waals surface area contributed by atoms with Crippen LogP contribution < -0.4 is 10.1 Å². The quantitative estimate of drug-likeness (QED) is 0.600. The van der Waals surface area contributed by atoms with Gasteiger partial charge in [0.15, 0.2) is 0 Å². The molecule has 0 saturated heterocycles. The van der Waals surface area contributed by atoms with Crippen molar-refractivity contribution in [3.63, 3.8) is 0 Å². The number of amides is 1. The van der Waals surface area contributed by atoms with Gasteiger partial charge in [-0.1, -0.05) is 42.5 Å². The van der Waals surface area contributed by atoms with Crippen LogP contribution >= 0.6 is 11.3 Å². The SMILES string of the molecule is CCOc1ccccc1NC(=O)/C=C/c1cc(-c2ccccc2)cs1. The minimum absolute atomic E-state index is 0.179. The second kappa shape index (κ2) is 8.31. The summed E-state index contributed by atoms with van der Waals surface area (Å²) in [4.78, 5) is 13.2. The predicted octanol–water partition coefficient (Wildman–Crippen LogP) is 5.47. The van der Waals surface area contributed by atoms with Crippen LogP contribution in [0.4, 0.5) is 5.69 Å². The summed E-state index contributed by atoms with van der Waals surface area (Å²) in [7, 11) is 0. The van der Waals surface area contributed by atoms with Crippen molar-refractivity contribution in [2.24, 2.45) is 0 Å². The first kappa shape index (κ1) is 17.0. The van der Waals surface area contributed by atoms with Gasteiger partial charge >= 0.3 is 0 Å². The number of hydrogen-bond acceptors (Lipinski definition) is 3. The Morgan fingerprint density at radius 2 is 1.84 bits per heavy atom. The Labute approximate surface area is 151 Å². The minimum atomic E-state index is -0.179. The third kappa shape index (κ3) is 4.58. The molecule has 1 amide bonds. The highest BCUT2D eigenvalue weighted by Gasteiger charge is 2.05. The van der Waals surface area contributed by atoms with Gasteiger partial charge in [-0.25, -0.2) is 0 Å². The molecule has 3 nitrogen and oxygen atoms in total. The van der Waals surface area contributed by atoms with Crippen LogP contribution in [0.15, 0.2) is 72.1 Å². The first-order valence-electron chi connectivity index (χ1n) is 8.11. The molecule has 2 aromatic carbocycles. The number of benzene rings is 2. The third-order valence-electron chi connectivity index (χ3n) is 3.57. The van der Waals surface area contributed by atoms with Gasteiger partial charge in [0.05, 0.1) is 12.3 Å². The molecule has 0 aliphatic heterocycles. The Morgan fingerprint density at radius 3 is 2.64 bits per heavy atom. The highest BCUT2D eigenvalue weighted by atomic mass is 32.1. The molecule has 0 spiro atoms. The zero-order chi connectivity index (χ0) is 17.5. The van der Waals surface area contributed by atoms with Crippen LogP contribution in [0.5, 0.6) is 5.75 Å². The molecular formula is C21H19NO2S. The van der Waals surface area contributed by atoms with E-state index in [1.807, 2.05) is 55.5 Å². The molecule has 25 heavy (non-hydrogen) atoms. The molecule has 4 heteroatoms. The van der Waals surface area contributed by atoms with Crippen molar-refractivity contribution in [3.05, 3.63) is 77.0 Å². The lowest BCUT2D eigenvalue weighted by Crippen LogP contribution is -2.09. The first-order chi connectivity index (χ1) is 12.3. The molecule has 1 N–H and O–H groups in total. The Morgan fingerprint density at radius 1 is 1.08 bits per heavy atom. The van der Waals surface area contributed by atoms with E-state index in [4.69, 9.17) is 4.74 Å². The first-order valence-corrected chi connectivity index (χ1v) is 8.99. The summed E-state index contributed by atoms with van der Waals surface area (Å²) in [5.74, 6) is 0.496. The number of nitrogens with one attached hydrogen (secondary N) is 1. The Balaban J connectivity index is 1.66. The van der Waals surface area contributed by atoms with Gasteiger partial charge in [-0.05, 0) is 47.7 Å². The van der Waals surface area contributed by atoms with E-state index in [0.717, 1.165) is 10.4 Å². The van der Waals surface area contributed by atoms with Gasteiger partial charge in [0.1, 0.15) is 5.75 Å². The van der Waals surface area contributed by atoms with Crippen molar-refractivity contribution in [3.8, 4) is 16.9 Å². The normalized spacial score (nSPS) is 10.8. The summed E-state index contributed by atoms with van der Waals surface area (Å²) in [6, 6.07) is 19.7. The summed E-state index contributed by atoms with van der Waals surface area (Å²) in [6.45, 7) is 2.47. The number of thiophene rings is 1. The highest BCUT2D eigenvalue weighted by Crippen LogP contribution is 2.26. The maximum Gasteiger partial charge on any atom is 0.248 e. The highest BCUT2D eigenvalue weighted by molar-refractivity contribution is 7.11. The lowest BCUT2D eigenvalue weighted by Gasteiger charge is -2.09. The van der Waals surface area contributed by atoms with Gasteiger partial charge in [0.25, 0.3) is 0 Å². The van der Waals surface area contributed by atoms with E-state index in [0.29, 0.717) is 18.0 Å². The smallest absolute Gasteiger partial charge is 0.248 e. The van der Waals surface area contributed by atoms with Crippen LogP contribution in [0.1, 0.15) is 11.8 Å². The molecule has 0 radical (unpaired) electrons. The van der Waals surface area contributed by atoms with Gasteiger partial charge in [-0.15, -0.1) is 11.3 Å². The van der Waals surface area contributed by atoms with E-state index in [2.05, 4.69) is 28.9 Å². The fourth-order valence-electron chi connectivity index (χ4n) is 2.41. The summed E-state index contributed by atoms with van der Waals surface area (Å²) in [6.07, 6.45) is 3.37. The number of carbonyl (C=O) groups excluding carboxylic acids is 1. The number of carbonyl (C=O) groups is 1. The van der Waals surface area contributed by atoms with Gasteiger partial charge in [0, 0.05) is 11.0 Å². The fraction of sp³-hybridized carbons (Fsp3) is 0.0952. The Kier molecular flexibility index (Phi) is 5.65. The molecule has 0 unspecified atom stereocenters. The Bertz CT molecular complexity index is 868. The number of hydrogen-bond donors (Lipinski definition) is 1. The lowest BCUT2D eigenvalue weighted by atomic mass is 10.1. The second-order valence-corrected chi connectivity index (χ2v) is 6.30. The standard InChI is InChI=1S/C21H19NO2S/c1-2-24-20-11-7-6-10-19(20)22-21(23)13-12-18-14-17(15-25-18)16-8-4-3-5-9-16/h3-15H,2H2,1H3,(H,22,23)/b13-12+. The van der Waals surface area contributed by atoms with Crippen LogP contribution in [-0.2, 0) is 4.79 Å². The van der Waals surface area contributed by atoms with Crippen molar-refractivity contribution >= 4 is 29.0 Å². The van der Waals surface area contributed by atoms with Crippen molar-refractivity contribution in [1.82, 2.24) is 0 Å². The van der Waals surface area contributed by atoms with E-state index in [9.17, 15) is 4.79 Å². The van der Waals surface area contributed by atoms with Gasteiger partial charge in [0.2, 0.25) is 5.91 Å². The molecule has 3 rings (SSSR count). The van der Waals surface area contributed by atoms with E-state index < -0.39 is 0 Å². The van der Waals surface area contributed by atoms with Crippen molar-refractivity contribution in [2.75, 3.05) is 11.9 Å². The third-order valence-corrected chi connectivity index (χ3v) is 4.47. The molecular weight excluding hydrogens is 330 g/mol. The second-order valence-electron chi connectivity index (χ2n) is 5.36. The van der Waals surface area contributed by atoms with E-state index in [1.54, 1.807) is 17.4 Å². The number of para-hydroxylation sites is 2. The minimum Gasteiger partial charge on any atom is -0.492 e. The summed E-state index contributed by atoms with van der Waals surface area (Å²) >= 11 is 1.61. The lowest BCUT2D eigenvalue weighted by molar-refractivity contribution is -0.111. The number of ether oxygens (including phenoxy) is 1. The van der Waals surface area contributed by atoms with Crippen LogP contribution in [0, 0.1) is 0 Å². The van der Waals surface area contributed by atoms with Crippen molar-refractivity contribution < 1.29 is 9.53 Å². The van der Waals surface area contributed by atoms with Crippen LogP contribution in [0.25, 0.3) is 17.2 Å². The zero-order valence-corrected chi connectivity index (χ0v) is 14.8. The number of rotatable bonds is 6. The molecule has 0 aliphatic rings. The summed E-state index contributed by atoms with van der Waals surface area (Å²) in [5.41, 5.74) is 3.01. The monoisotopic (exact) mass is 349 g/mol. The van der Waals surface area contributed by atoms with Crippen molar-refractivity contribution in [1.29, 1.82) is 0 Å². The Hall–Kier alpha value is -2.85. The molecule has 0 saturated carbocycles. The molecule has 0 bridgehead atoms. The molecule has 126 valence electrons. The van der Waals surface area contributed by atoms with E-state index >= 15 is 0 Å². The maximum absolute atomic E-state index is 12.2. The summed E-state index contributed by atoms with van der Waals surface area (Å²) in [5, 5.41) is 4.95. The average molecular weight is 349 g/mol. The van der Waals surface area contributed by atoms with E-state index in [-0.39, 0.29) is 5.91 Å². The summed E-state index contributed by atoms with van der Waals surface area (Å²) < 4.78 is 5.52. The predicted molar refractivity (Wildman–Crippen MR) is 105 cm³/mol. The molecule has 1 heterocycles. The molecule has 0 atom stereocenters. The average Bonchev–Trinajstić information content (AvgIpc) is 3.12. The topological polar surface area (TPSA) is 38.3 Å². The zero-order valence-electron chi connectivity index (χ0n) is 13.9.